The average molecular weight is 542 g/mol. The monoisotopic (exact) mass is 540 g/mol. The predicted molar refractivity (Wildman–Crippen MR) is 95.8 cm³/mol. The second-order valence-corrected chi connectivity index (χ2v) is 7.90. The summed E-state index contributed by atoms with van der Waals surface area (Å²) in [6, 6.07) is 3.62. The van der Waals surface area contributed by atoms with Gasteiger partial charge in [0.2, 0.25) is 0 Å². The van der Waals surface area contributed by atoms with Crippen molar-refractivity contribution in [1.82, 2.24) is 4.98 Å². The molecule has 2 aromatic rings. The summed E-state index contributed by atoms with van der Waals surface area (Å²) < 4.78 is 129. The second-order valence-electron chi connectivity index (χ2n) is 5.60. The van der Waals surface area contributed by atoms with E-state index in [0.717, 1.165) is 18.2 Å². The summed E-state index contributed by atoms with van der Waals surface area (Å²) in [4.78, 5) is 2.63. The van der Waals surface area contributed by atoms with Crippen LogP contribution in [0.1, 0.15) is 5.56 Å². The summed E-state index contributed by atoms with van der Waals surface area (Å²) in [5.41, 5.74) is -1.79. The minimum absolute atomic E-state index is 0.252. The molecule has 172 valence electrons. The molecule has 0 saturated heterocycles. The number of nitrogens with zero attached hydrogens (tertiary/aromatic N) is 1. The normalized spacial score (nSPS) is 13.5. The molecule has 1 N–H and O–H groups in total. The third-order valence-corrected chi connectivity index (χ3v) is 5.50. The summed E-state index contributed by atoms with van der Waals surface area (Å²) >= 11 is 15.7. The summed E-state index contributed by atoms with van der Waals surface area (Å²) in [5.74, 6) is -6.90. The molecule has 0 aliphatic carbocycles. The zero-order chi connectivity index (χ0) is 24.0. The Morgan fingerprint density at radius 3 is 1.94 bits per heavy atom. The highest BCUT2D eigenvalue weighted by molar-refractivity contribution is 8.00. The molecule has 0 fully saturated rings. The van der Waals surface area contributed by atoms with Gasteiger partial charge in [-0.2, -0.15) is 43.9 Å². The van der Waals surface area contributed by atoms with E-state index in [1.807, 2.05) is 0 Å². The number of hydrogen-bond donors (Lipinski definition) is 1. The van der Waals surface area contributed by atoms with Crippen molar-refractivity contribution in [2.75, 3.05) is 5.32 Å². The molecule has 1 heterocycles. The average Bonchev–Trinajstić information content (AvgIpc) is 2.57. The lowest BCUT2D eigenvalue weighted by Crippen LogP contribution is -2.49. The molecule has 0 bridgehead atoms. The van der Waals surface area contributed by atoms with E-state index in [0.29, 0.717) is 6.07 Å². The molecule has 2 rings (SSSR count). The number of hydrogen-bond acceptors (Lipinski definition) is 3. The second kappa shape index (κ2) is 8.56. The van der Waals surface area contributed by atoms with E-state index in [9.17, 15) is 43.9 Å². The van der Waals surface area contributed by atoms with Crippen molar-refractivity contribution in [2.24, 2.45) is 0 Å². The third-order valence-electron chi connectivity index (χ3n) is 3.38. The predicted octanol–water partition coefficient (Wildman–Crippen LogP) is 8.69. The highest BCUT2D eigenvalue weighted by Crippen LogP contribution is 2.54. The first kappa shape index (κ1) is 25.9. The molecular formula is C15H5Cl3F10N2S. The molecule has 0 saturated carbocycles. The van der Waals surface area contributed by atoms with Crippen LogP contribution < -0.4 is 5.32 Å². The number of anilines is 2. The number of halogens is 13. The lowest BCUT2D eigenvalue weighted by atomic mass is 10.2. The fourth-order valence-electron chi connectivity index (χ4n) is 1.98. The molecule has 0 atom stereocenters. The van der Waals surface area contributed by atoms with Crippen LogP contribution in [0.15, 0.2) is 29.2 Å². The number of alkyl halides is 10. The van der Waals surface area contributed by atoms with Crippen molar-refractivity contribution < 1.29 is 43.9 Å². The maximum Gasteiger partial charge on any atom is 0.460 e. The Kier molecular flexibility index (Phi) is 7.17. The Balaban J connectivity index is 2.36. The maximum absolute atomic E-state index is 13.6. The minimum atomic E-state index is -6.51. The van der Waals surface area contributed by atoms with E-state index in [-0.39, 0.29) is 5.69 Å². The Morgan fingerprint density at radius 2 is 1.42 bits per heavy atom. The van der Waals surface area contributed by atoms with Crippen molar-refractivity contribution >= 4 is 58.1 Å². The summed E-state index contributed by atoms with van der Waals surface area (Å²) in [5, 5.41) is -6.18. The highest BCUT2D eigenvalue weighted by atomic mass is 35.5. The summed E-state index contributed by atoms with van der Waals surface area (Å²) in [7, 11) is 0. The van der Waals surface area contributed by atoms with Crippen molar-refractivity contribution in [3.05, 3.63) is 45.0 Å². The van der Waals surface area contributed by atoms with Crippen LogP contribution in [-0.2, 0) is 6.18 Å². The van der Waals surface area contributed by atoms with Crippen molar-refractivity contribution in [3.63, 3.8) is 0 Å². The number of benzene rings is 1. The topological polar surface area (TPSA) is 24.9 Å². The quantitative estimate of drug-likeness (QED) is 0.233. The van der Waals surface area contributed by atoms with Crippen LogP contribution in [0.5, 0.6) is 0 Å². The van der Waals surface area contributed by atoms with Crippen molar-refractivity contribution in [3.8, 4) is 0 Å². The molecule has 0 unspecified atom stereocenters. The lowest BCUT2D eigenvalue weighted by Gasteiger charge is -2.27. The fraction of sp³-hybridized carbons (Fsp3) is 0.267. The van der Waals surface area contributed by atoms with Crippen molar-refractivity contribution in [2.45, 2.75) is 28.4 Å². The molecule has 0 amide bonds. The van der Waals surface area contributed by atoms with E-state index in [2.05, 4.69) is 10.3 Å². The molecule has 16 heteroatoms. The summed E-state index contributed by atoms with van der Waals surface area (Å²) in [6.45, 7) is 0. The zero-order valence-corrected chi connectivity index (χ0v) is 17.2. The molecule has 31 heavy (non-hydrogen) atoms. The van der Waals surface area contributed by atoms with Gasteiger partial charge < -0.3 is 5.32 Å². The molecule has 0 spiro atoms. The number of nitrogens with one attached hydrogen (secondary N) is 1. The molecule has 0 aliphatic heterocycles. The zero-order valence-electron chi connectivity index (χ0n) is 14.1. The Morgan fingerprint density at radius 1 is 0.839 bits per heavy atom. The first-order valence-corrected chi connectivity index (χ1v) is 9.33. The van der Waals surface area contributed by atoms with E-state index in [1.165, 1.54) is 0 Å². The Hall–Kier alpha value is -1.31. The van der Waals surface area contributed by atoms with Crippen LogP contribution in [0.25, 0.3) is 0 Å². The number of thioether (sulfide) groups is 1. The van der Waals surface area contributed by atoms with Gasteiger partial charge in [0.1, 0.15) is 15.7 Å². The van der Waals surface area contributed by atoms with Gasteiger partial charge in [-0.05, 0) is 30.0 Å². The van der Waals surface area contributed by atoms with Gasteiger partial charge in [-0.15, -0.1) is 0 Å². The lowest BCUT2D eigenvalue weighted by molar-refractivity contribution is -0.330. The fourth-order valence-corrected chi connectivity index (χ4v) is 3.66. The standard InChI is InChI=1S/C15H5Cl3F10N2S/c16-8-7(12(19,20)21)10(18)30-11(9(8)17)29-5-2-1-3-6(4-5)31-15(27,28)13(22,23)14(24,25)26/h1-4H,(H,29,30). The number of aromatic nitrogens is 1. The molecule has 1 aromatic heterocycles. The molecule has 1 aromatic carbocycles. The van der Waals surface area contributed by atoms with Crippen LogP contribution in [-0.4, -0.2) is 22.3 Å². The maximum atomic E-state index is 13.6. The van der Waals surface area contributed by atoms with E-state index in [4.69, 9.17) is 34.8 Å². The first-order chi connectivity index (χ1) is 13.9. The van der Waals surface area contributed by atoms with Gasteiger partial charge in [0, 0.05) is 10.6 Å². The van der Waals surface area contributed by atoms with Crippen LogP contribution in [0, 0.1) is 0 Å². The molecule has 0 radical (unpaired) electrons. The molecule has 0 aliphatic rings. The van der Waals surface area contributed by atoms with Gasteiger partial charge in [-0.1, -0.05) is 40.9 Å². The largest absolute Gasteiger partial charge is 0.460 e. The highest BCUT2D eigenvalue weighted by Gasteiger charge is 2.73. The van der Waals surface area contributed by atoms with Gasteiger partial charge in [0.15, 0.2) is 5.82 Å². The minimum Gasteiger partial charge on any atom is -0.339 e. The molecule has 2 nitrogen and oxygen atoms in total. The Bertz CT molecular complexity index is 979. The van der Waals surface area contributed by atoms with Gasteiger partial charge in [0.05, 0.1) is 5.02 Å². The number of pyridine rings is 1. The van der Waals surface area contributed by atoms with Crippen LogP contribution in [0.2, 0.25) is 15.2 Å². The Labute approximate surface area is 185 Å². The van der Waals surface area contributed by atoms with E-state index >= 15 is 0 Å². The van der Waals surface area contributed by atoms with Crippen molar-refractivity contribution in [1.29, 1.82) is 0 Å². The third kappa shape index (κ3) is 5.37. The van der Waals surface area contributed by atoms with Crippen LogP contribution in [0.3, 0.4) is 0 Å². The summed E-state index contributed by atoms with van der Waals surface area (Å²) in [6.07, 6.45) is -11.5. The molecular weight excluding hydrogens is 537 g/mol. The van der Waals surface area contributed by atoms with Crippen LogP contribution in [0.4, 0.5) is 55.4 Å². The first-order valence-electron chi connectivity index (χ1n) is 7.38. The van der Waals surface area contributed by atoms with Crippen LogP contribution >= 0.6 is 46.6 Å². The van der Waals surface area contributed by atoms with Gasteiger partial charge in [-0.25, -0.2) is 4.98 Å². The number of rotatable bonds is 5. The smallest absolute Gasteiger partial charge is 0.339 e. The van der Waals surface area contributed by atoms with E-state index < -0.39 is 66.8 Å². The SMILES string of the molecule is FC(F)(F)c1c(Cl)nc(Nc2cccc(SC(F)(F)C(F)(F)C(F)(F)F)c2)c(Cl)c1Cl. The van der Waals surface area contributed by atoms with Gasteiger partial charge in [0.25, 0.3) is 0 Å². The van der Waals surface area contributed by atoms with Gasteiger partial charge >= 0.3 is 23.5 Å². The van der Waals surface area contributed by atoms with Gasteiger partial charge in [-0.3, -0.25) is 0 Å². The van der Waals surface area contributed by atoms with E-state index in [1.54, 1.807) is 0 Å².